The van der Waals surface area contributed by atoms with Crippen LogP contribution in [0.15, 0.2) is 42.7 Å². The molecule has 0 radical (unpaired) electrons. The molecule has 0 aliphatic heterocycles. The number of benzene rings is 1. The van der Waals surface area contributed by atoms with E-state index in [0.717, 1.165) is 21.1 Å². The number of nitrogens with zero attached hydrogens (tertiary/aromatic N) is 3. The zero-order valence-electron chi connectivity index (χ0n) is 14.2. The molecule has 0 saturated carbocycles. The van der Waals surface area contributed by atoms with Gasteiger partial charge in [-0.05, 0) is 32.0 Å². The predicted octanol–water partition coefficient (Wildman–Crippen LogP) is 3.66. The highest BCUT2D eigenvalue weighted by molar-refractivity contribution is 7.15. The average Bonchev–Trinajstić information content (AvgIpc) is 3.01. The molecule has 0 saturated heterocycles. The number of hydrogen-bond donors (Lipinski definition) is 1. The van der Waals surface area contributed by atoms with Gasteiger partial charge in [0.25, 0.3) is 11.6 Å². The summed E-state index contributed by atoms with van der Waals surface area (Å²) in [5.41, 5.74) is 2.35. The number of hydrogen-bond acceptors (Lipinski definition) is 6. The number of carbonyl (C=O) groups is 1. The van der Waals surface area contributed by atoms with Crippen LogP contribution in [0.5, 0.6) is 0 Å². The van der Waals surface area contributed by atoms with Crippen LogP contribution >= 0.6 is 11.3 Å². The SMILES string of the molecule is Cc1nc(-c2cccnc2)sc1CNC(=O)c1cccc([N+](=O)[O-])c1C. The molecule has 0 atom stereocenters. The number of rotatable bonds is 5. The lowest BCUT2D eigenvalue weighted by Gasteiger charge is -2.07. The fourth-order valence-corrected chi connectivity index (χ4v) is 3.52. The molecular weight excluding hydrogens is 352 g/mol. The molecule has 132 valence electrons. The first-order chi connectivity index (χ1) is 12.5. The normalized spacial score (nSPS) is 10.5. The molecule has 0 aliphatic carbocycles. The molecule has 3 rings (SSSR count). The third kappa shape index (κ3) is 3.60. The smallest absolute Gasteiger partial charge is 0.273 e. The van der Waals surface area contributed by atoms with Crippen molar-refractivity contribution >= 4 is 22.9 Å². The highest BCUT2D eigenvalue weighted by atomic mass is 32.1. The summed E-state index contributed by atoms with van der Waals surface area (Å²) in [7, 11) is 0. The van der Waals surface area contributed by atoms with Gasteiger partial charge in [-0.25, -0.2) is 4.98 Å². The van der Waals surface area contributed by atoms with Crippen LogP contribution in [0.4, 0.5) is 5.69 Å². The van der Waals surface area contributed by atoms with Crippen LogP contribution in [0.25, 0.3) is 10.6 Å². The van der Waals surface area contributed by atoms with Crippen LogP contribution in [-0.4, -0.2) is 20.8 Å². The maximum absolute atomic E-state index is 12.4. The van der Waals surface area contributed by atoms with Gasteiger partial charge in [0.15, 0.2) is 0 Å². The van der Waals surface area contributed by atoms with E-state index < -0.39 is 4.92 Å². The Bertz CT molecular complexity index is 970. The Morgan fingerprint density at radius 1 is 1.27 bits per heavy atom. The second kappa shape index (κ2) is 7.40. The molecule has 0 spiro atoms. The molecule has 1 amide bonds. The molecule has 0 bridgehead atoms. The Morgan fingerprint density at radius 2 is 2.08 bits per heavy atom. The summed E-state index contributed by atoms with van der Waals surface area (Å²) in [4.78, 5) is 32.5. The van der Waals surface area contributed by atoms with Gasteiger partial charge in [-0.3, -0.25) is 19.9 Å². The van der Waals surface area contributed by atoms with Gasteiger partial charge in [-0.1, -0.05) is 6.07 Å². The number of nitro benzene ring substituents is 1. The summed E-state index contributed by atoms with van der Waals surface area (Å²) in [6.45, 7) is 3.77. The van der Waals surface area contributed by atoms with Crippen LogP contribution in [0, 0.1) is 24.0 Å². The molecule has 0 fully saturated rings. The number of nitro groups is 1. The lowest BCUT2D eigenvalue weighted by Crippen LogP contribution is -2.23. The number of nitrogens with one attached hydrogen (secondary N) is 1. The van der Waals surface area contributed by atoms with E-state index in [4.69, 9.17) is 0 Å². The summed E-state index contributed by atoms with van der Waals surface area (Å²) < 4.78 is 0. The van der Waals surface area contributed by atoms with Gasteiger partial charge in [-0.15, -0.1) is 11.3 Å². The maximum atomic E-state index is 12.4. The molecule has 1 aromatic carbocycles. The largest absolute Gasteiger partial charge is 0.347 e. The van der Waals surface area contributed by atoms with E-state index in [0.29, 0.717) is 17.7 Å². The van der Waals surface area contributed by atoms with Crippen molar-refractivity contribution in [2.24, 2.45) is 0 Å². The Morgan fingerprint density at radius 3 is 2.77 bits per heavy atom. The van der Waals surface area contributed by atoms with Crippen molar-refractivity contribution in [2.45, 2.75) is 20.4 Å². The van der Waals surface area contributed by atoms with Crippen molar-refractivity contribution < 1.29 is 9.72 Å². The quantitative estimate of drug-likeness (QED) is 0.547. The van der Waals surface area contributed by atoms with E-state index in [1.807, 2.05) is 19.1 Å². The Balaban J connectivity index is 1.76. The summed E-state index contributed by atoms with van der Waals surface area (Å²) >= 11 is 1.49. The molecule has 26 heavy (non-hydrogen) atoms. The Labute approximate surface area is 153 Å². The average molecular weight is 368 g/mol. The van der Waals surface area contributed by atoms with Gasteiger partial charge in [0.05, 0.1) is 17.2 Å². The van der Waals surface area contributed by atoms with E-state index in [-0.39, 0.29) is 11.6 Å². The van der Waals surface area contributed by atoms with Crippen LogP contribution in [0.3, 0.4) is 0 Å². The lowest BCUT2D eigenvalue weighted by atomic mass is 10.1. The van der Waals surface area contributed by atoms with Gasteiger partial charge >= 0.3 is 0 Å². The summed E-state index contributed by atoms with van der Waals surface area (Å²) in [6, 6.07) is 8.26. The van der Waals surface area contributed by atoms with E-state index in [2.05, 4.69) is 15.3 Å². The third-order valence-electron chi connectivity index (χ3n) is 3.96. The van der Waals surface area contributed by atoms with Gasteiger partial charge < -0.3 is 5.32 Å². The molecule has 2 aromatic heterocycles. The molecule has 3 aromatic rings. The van der Waals surface area contributed by atoms with Gasteiger partial charge in [-0.2, -0.15) is 0 Å². The molecule has 0 unspecified atom stereocenters. The van der Waals surface area contributed by atoms with E-state index in [9.17, 15) is 14.9 Å². The Kier molecular flexibility index (Phi) is 5.04. The van der Waals surface area contributed by atoms with Crippen molar-refractivity contribution in [2.75, 3.05) is 0 Å². The standard InChI is InChI=1S/C18H16N4O3S/c1-11-14(6-3-7-15(11)22(24)25)17(23)20-10-16-12(2)21-18(26-16)13-5-4-8-19-9-13/h3-9H,10H2,1-2H3,(H,20,23). The minimum Gasteiger partial charge on any atom is -0.347 e. The molecular formula is C18H16N4O3S. The number of amides is 1. The maximum Gasteiger partial charge on any atom is 0.273 e. The van der Waals surface area contributed by atoms with Gasteiger partial charge in [0, 0.05) is 40.0 Å². The molecule has 2 heterocycles. The lowest BCUT2D eigenvalue weighted by molar-refractivity contribution is -0.385. The second-order valence-corrected chi connectivity index (χ2v) is 6.74. The Hall–Kier alpha value is -3.13. The van der Waals surface area contributed by atoms with Gasteiger partial charge in [0.1, 0.15) is 5.01 Å². The van der Waals surface area contributed by atoms with E-state index in [1.54, 1.807) is 25.4 Å². The van der Waals surface area contributed by atoms with Crippen molar-refractivity contribution in [3.8, 4) is 10.6 Å². The van der Waals surface area contributed by atoms with Crippen LogP contribution < -0.4 is 5.32 Å². The first-order valence-electron chi connectivity index (χ1n) is 7.86. The number of carbonyl (C=O) groups excluding carboxylic acids is 1. The number of aryl methyl sites for hydroxylation is 1. The number of pyridine rings is 1. The van der Waals surface area contributed by atoms with Crippen molar-refractivity contribution in [1.82, 2.24) is 15.3 Å². The fourth-order valence-electron chi connectivity index (χ4n) is 2.53. The second-order valence-electron chi connectivity index (χ2n) is 5.66. The highest BCUT2D eigenvalue weighted by Gasteiger charge is 2.18. The van der Waals surface area contributed by atoms with Crippen LogP contribution in [0.1, 0.15) is 26.5 Å². The summed E-state index contributed by atoms with van der Waals surface area (Å²) in [5.74, 6) is -0.345. The van der Waals surface area contributed by atoms with E-state index in [1.165, 1.54) is 23.5 Å². The summed E-state index contributed by atoms with van der Waals surface area (Å²) in [5, 5.41) is 14.7. The number of thiazole rings is 1. The monoisotopic (exact) mass is 368 g/mol. The fraction of sp³-hybridized carbons (Fsp3) is 0.167. The van der Waals surface area contributed by atoms with Crippen molar-refractivity contribution in [1.29, 1.82) is 0 Å². The topological polar surface area (TPSA) is 98.0 Å². The molecule has 8 heteroatoms. The summed E-state index contributed by atoms with van der Waals surface area (Å²) in [6.07, 6.45) is 3.44. The van der Waals surface area contributed by atoms with E-state index >= 15 is 0 Å². The first kappa shape index (κ1) is 17.7. The van der Waals surface area contributed by atoms with Crippen molar-refractivity contribution in [3.63, 3.8) is 0 Å². The highest BCUT2D eigenvalue weighted by Crippen LogP contribution is 2.27. The predicted molar refractivity (Wildman–Crippen MR) is 99.1 cm³/mol. The minimum absolute atomic E-state index is 0.0644. The zero-order chi connectivity index (χ0) is 18.7. The molecule has 1 N–H and O–H groups in total. The number of aromatic nitrogens is 2. The minimum atomic E-state index is -0.486. The molecule has 0 aliphatic rings. The van der Waals surface area contributed by atoms with Crippen LogP contribution in [0.2, 0.25) is 0 Å². The molecule has 7 nitrogen and oxygen atoms in total. The zero-order valence-corrected chi connectivity index (χ0v) is 15.0. The third-order valence-corrected chi connectivity index (χ3v) is 5.16. The van der Waals surface area contributed by atoms with Crippen molar-refractivity contribution in [3.05, 3.63) is 74.5 Å². The first-order valence-corrected chi connectivity index (χ1v) is 8.68. The van der Waals surface area contributed by atoms with Crippen LogP contribution in [-0.2, 0) is 6.54 Å². The van der Waals surface area contributed by atoms with Gasteiger partial charge in [0.2, 0.25) is 0 Å².